The first-order chi connectivity index (χ1) is 10.7. The highest BCUT2D eigenvalue weighted by Crippen LogP contribution is 1.98. The number of carbonyl (C=O) groups is 1. The molecule has 0 fully saturated rings. The molecule has 0 amide bonds. The Kier molecular flexibility index (Phi) is 16.2. The third-order valence-corrected chi connectivity index (χ3v) is 2.85. The highest BCUT2D eigenvalue weighted by atomic mass is 16.6. The van der Waals surface area contributed by atoms with Crippen LogP contribution in [0.25, 0.3) is 0 Å². The smallest absolute Gasteiger partial charge is 0.305 e. The average Bonchev–Trinajstić information content (AvgIpc) is 2.50. The summed E-state index contributed by atoms with van der Waals surface area (Å²) in [5, 5.41) is 0. The zero-order chi connectivity index (χ0) is 16.5. The minimum Gasteiger partial charge on any atom is -0.469 e. The van der Waals surface area contributed by atoms with Crippen molar-refractivity contribution in [2.24, 2.45) is 5.92 Å². The third-order valence-electron chi connectivity index (χ3n) is 2.85. The lowest BCUT2D eigenvalue weighted by Gasteiger charge is -2.08. The Bertz CT molecular complexity index is 245. The lowest BCUT2D eigenvalue weighted by molar-refractivity contribution is -0.141. The van der Waals surface area contributed by atoms with Crippen molar-refractivity contribution in [3.05, 3.63) is 0 Å². The molecule has 0 saturated carbocycles. The van der Waals surface area contributed by atoms with Gasteiger partial charge in [0.15, 0.2) is 0 Å². The monoisotopic (exact) mass is 320 g/mol. The molecular formula is C16H32O6. The molecule has 0 atom stereocenters. The van der Waals surface area contributed by atoms with Crippen molar-refractivity contribution in [2.75, 3.05) is 60.0 Å². The predicted octanol–water partition coefficient (Wildman–Crippen LogP) is 2.05. The third kappa shape index (κ3) is 17.4. The Labute approximate surface area is 134 Å². The van der Waals surface area contributed by atoms with E-state index < -0.39 is 0 Å². The highest BCUT2D eigenvalue weighted by Gasteiger charge is 1.99. The second-order valence-corrected chi connectivity index (χ2v) is 5.31. The van der Waals surface area contributed by atoms with Gasteiger partial charge >= 0.3 is 5.97 Å². The van der Waals surface area contributed by atoms with Crippen molar-refractivity contribution < 1.29 is 28.5 Å². The van der Waals surface area contributed by atoms with Crippen LogP contribution in [-0.4, -0.2) is 65.9 Å². The molecule has 6 nitrogen and oxygen atoms in total. The minimum absolute atomic E-state index is 0.204. The van der Waals surface area contributed by atoms with Gasteiger partial charge in [0.25, 0.3) is 0 Å². The van der Waals surface area contributed by atoms with Gasteiger partial charge in [-0.2, -0.15) is 0 Å². The normalized spacial score (nSPS) is 11.1. The number of hydrogen-bond acceptors (Lipinski definition) is 6. The van der Waals surface area contributed by atoms with Crippen molar-refractivity contribution in [2.45, 2.75) is 33.1 Å². The van der Waals surface area contributed by atoms with Gasteiger partial charge in [-0.3, -0.25) is 4.79 Å². The predicted molar refractivity (Wildman–Crippen MR) is 84.0 cm³/mol. The summed E-state index contributed by atoms with van der Waals surface area (Å²) in [6, 6.07) is 0. The van der Waals surface area contributed by atoms with Crippen LogP contribution in [0.2, 0.25) is 0 Å². The molecule has 0 N–H and O–H groups in total. The Morgan fingerprint density at radius 1 is 0.773 bits per heavy atom. The average molecular weight is 320 g/mol. The van der Waals surface area contributed by atoms with Crippen LogP contribution in [0.1, 0.15) is 33.1 Å². The molecule has 0 saturated heterocycles. The maximum absolute atomic E-state index is 10.8. The maximum Gasteiger partial charge on any atom is 0.305 e. The molecule has 0 aromatic rings. The van der Waals surface area contributed by atoms with Crippen LogP contribution in [0.15, 0.2) is 0 Å². The summed E-state index contributed by atoms with van der Waals surface area (Å²) in [6.07, 6.45) is 2.15. The van der Waals surface area contributed by atoms with Gasteiger partial charge in [0.2, 0.25) is 0 Å². The molecule has 0 aliphatic rings. The Hall–Kier alpha value is -0.690. The van der Waals surface area contributed by atoms with Gasteiger partial charge in [-0.05, 0) is 18.8 Å². The summed E-state index contributed by atoms with van der Waals surface area (Å²) in [7, 11) is 1.39. The highest BCUT2D eigenvalue weighted by molar-refractivity contribution is 5.68. The molecule has 0 heterocycles. The quantitative estimate of drug-likeness (QED) is 0.320. The SMILES string of the molecule is COC(=O)CCCOCCOCCOCCOCCC(C)C. The number of ether oxygens (including phenoxy) is 5. The van der Waals surface area contributed by atoms with Gasteiger partial charge < -0.3 is 23.7 Å². The molecule has 0 aliphatic heterocycles. The van der Waals surface area contributed by atoms with E-state index in [2.05, 4.69) is 18.6 Å². The standard InChI is InChI=1S/C16H32O6/c1-15(2)6-8-20-10-12-22-14-13-21-11-9-19-7-4-5-16(17)18-3/h15H,4-14H2,1-3H3. The van der Waals surface area contributed by atoms with Crippen LogP contribution in [0.5, 0.6) is 0 Å². The van der Waals surface area contributed by atoms with Crippen LogP contribution in [0, 0.1) is 5.92 Å². The van der Waals surface area contributed by atoms with E-state index in [1.54, 1.807) is 0 Å². The first-order valence-corrected chi connectivity index (χ1v) is 8.04. The second-order valence-electron chi connectivity index (χ2n) is 5.31. The molecule has 132 valence electrons. The molecule has 6 heteroatoms. The topological polar surface area (TPSA) is 63.2 Å². The van der Waals surface area contributed by atoms with Gasteiger partial charge in [0, 0.05) is 19.6 Å². The van der Waals surface area contributed by atoms with Gasteiger partial charge in [-0.1, -0.05) is 13.8 Å². The lowest BCUT2D eigenvalue weighted by Crippen LogP contribution is -2.12. The molecule has 0 rings (SSSR count). The van der Waals surface area contributed by atoms with E-state index in [4.69, 9.17) is 18.9 Å². The van der Waals surface area contributed by atoms with Crippen molar-refractivity contribution in [3.63, 3.8) is 0 Å². The van der Waals surface area contributed by atoms with Crippen LogP contribution < -0.4 is 0 Å². The number of esters is 1. The fourth-order valence-electron chi connectivity index (χ4n) is 1.50. The van der Waals surface area contributed by atoms with E-state index >= 15 is 0 Å². The lowest BCUT2D eigenvalue weighted by atomic mass is 10.1. The van der Waals surface area contributed by atoms with Crippen molar-refractivity contribution >= 4 is 5.97 Å². The van der Waals surface area contributed by atoms with Crippen molar-refractivity contribution in [1.29, 1.82) is 0 Å². The van der Waals surface area contributed by atoms with E-state index in [0.717, 1.165) is 13.0 Å². The van der Waals surface area contributed by atoms with E-state index in [1.165, 1.54) is 7.11 Å². The zero-order valence-electron chi connectivity index (χ0n) is 14.3. The summed E-state index contributed by atoms with van der Waals surface area (Å²) >= 11 is 0. The summed E-state index contributed by atoms with van der Waals surface area (Å²) in [5.74, 6) is 0.474. The number of hydrogen-bond donors (Lipinski definition) is 0. The van der Waals surface area contributed by atoms with Gasteiger partial charge in [0.05, 0.1) is 46.8 Å². The van der Waals surface area contributed by atoms with Crippen molar-refractivity contribution in [3.8, 4) is 0 Å². The number of carbonyl (C=O) groups excluding carboxylic acids is 1. The molecule has 22 heavy (non-hydrogen) atoms. The fourth-order valence-corrected chi connectivity index (χ4v) is 1.50. The minimum atomic E-state index is -0.204. The molecule has 0 radical (unpaired) electrons. The van der Waals surface area contributed by atoms with Crippen LogP contribution in [-0.2, 0) is 28.5 Å². The van der Waals surface area contributed by atoms with Crippen LogP contribution >= 0.6 is 0 Å². The summed E-state index contributed by atoms with van der Waals surface area (Å²) in [4.78, 5) is 10.8. The van der Waals surface area contributed by atoms with E-state index in [0.29, 0.717) is 65.0 Å². The Morgan fingerprint density at radius 2 is 1.23 bits per heavy atom. The first kappa shape index (κ1) is 21.3. The molecule has 0 aromatic carbocycles. The molecule has 0 spiro atoms. The zero-order valence-corrected chi connectivity index (χ0v) is 14.3. The van der Waals surface area contributed by atoms with Crippen LogP contribution in [0.4, 0.5) is 0 Å². The van der Waals surface area contributed by atoms with E-state index in [-0.39, 0.29) is 5.97 Å². The number of rotatable bonds is 16. The van der Waals surface area contributed by atoms with E-state index in [1.807, 2.05) is 0 Å². The second kappa shape index (κ2) is 16.7. The van der Waals surface area contributed by atoms with Gasteiger partial charge in [0.1, 0.15) is 0 Å². The van der Waals surface area contributed by atoms with Crippen molar-refractivity contribution in [1.82, 2.24) is 0 Å². The fraction of sp³-hybridized carbons (Fsp3) is 0.938. The Morgan fingerprint density at radius 3 is 1.68 bits per heavy atom. The summed E-state index contributed by atoms with van der Waals surface area (Å²) in [5.41, 5.74) is 0. The molecule has 0 unspecified atom stereocenters. The summed E-state index contributed by atoms with van der Waals surface area (Å²) < 4.78 is 26.0. The molecule has 0 aliphatic carbocycles. The maximum atomic E-state index is 10.8. The van der Waals surface area contributed by atoms with Crippen LogP contribution in [0.3, 0.4) is 0 Å². The van der Waals surface area contributed by atoms with Gasteiger partial charge in [-0.25, -0.2) is 0 Å². The van der Waals surface area contributed by atoms with Gasteiger partial charge in [-0.15, -0.1) is 0 Å². The Balaban J connectivity index is 3.01. The molecule has 0 aromatic heterocycles. The molecule has 0 bridgehead atoms. The van der Waals surface area contributed by atoms with E-state index in [9.17, 15) is 4.79 Å². The largest absolute Gasteiger partial charge is 0.469 e. The summed E-state index contributed by atoms with van der Waals surface area (Å²) in [6.45, 7) is 9.12. The number of methoxy groups -OCH3 is 1. The molecular weight excluding hydrogens is 288 g/mol. The first-order valence-electron chi connectivity index (χ1n) is 8.04.